The maximum Gasteiger partial charge on any atom is 0.261 e. The van der Waals surface area contributed by atoms with E-state index in [4.69, 9.17) is 4.74 Å². The number of imidazole rings is 1. The summed E-state index contributed by atoms with van der Waals surface area (Å²) in [5.41, 5.74) is 2.18. The van der Waals surface area contributed by atoms with Gasteiger partial charge >= 0.3 is 0 Å². The Kier molecular flexibility index (Phi) is 3.95. The fourth-order valence-electron chi connectivity index (χ4n) is 2.41. The Hall–Kier alpha value is -2.38. The van der Waals surface area contributed by atoms with E-state index < -0.39 is 0 Å². The molecule has 122 valence electrons. The van der Waals surface area contributed by atoms with Gasteiger partial charge in [-0.05, 0) is 25.1 Å². The number of nitrogens with one attached hydrogen (secondary N) is 1. The number of hydrogen-bond acceptors (Lipinski definition) is 5. The van der Waals surface area contributed by atoms with Gasteiger partial charge in [-0.15, -0.1) is 22.7 Å². The number of hydrogen-bond donors (Lipinski definition) is 1. The molecule has 0 saturated heterocycles. The Balaban J connectivity index is 1.35. The van der Waals surface area contributed by atoms with Gasteiger partial charge in [-0.2, -0.15) is 0 Å². The van der Waals surface area contributed by atoms with Crippen LogP contribution in [0, 0.1) is 6.92 Å². The highest BCUT2D eigenvalue weighted by Gasteiger charge is 2.14. The van der Waals surface area contributed by atoms with E-state index in [0.29, 0.717) is 18.0 Å². The van der Waals surface area contributed by atoms with Crippen LogP contribution in [-0.2, 0) is 0 Å². The predicted molar refractivity (Wildman–Crippen MR) is 97.5 cm³/mol. The zero-order chi connectivity index (χ0) is 16.5. The standard InChI is InChI=1S/C17H15N3O2S2/c1-11-2-4-12(5-3-11)22-8-6-18-15(21)14-10-13-16(24-14)19-17-20(13)7-9-23-17/h2-5,7,9-10H,6,8H2,1H3,(H,18,21). The van der Waals surface area contributed by atoms with E-state index in [1.165, 1.54) is 16.9 Å². The van der Waals surface area contributed by atoms with Crippen LogP contribution >= 0.6 is 22.7 Å². The molecule has 1 amide bonds. The fourth-order valence-corrected chi connectivity index (χ4v) is 4.13. The number of aryl methyl sites for hydroxylation is 1. The topological polar surface area (TPSA) is 55.6 Å². The van der Waals surface area contributed by atoms with E-state index in [2.05, 4.69) is 10.3 Å². The van der Waals surface area contributed by atoms with Crippen molar-refractivity contribution in [3.63, 3.8) is 0 Å². The quantitative estimate of drug-likeness (QED) is 0.554. The molecule has 0 aliphatic carbocycles. The summed E-state index contributed by atoms with van der Waals surface area (Å²) in [7, 11) is 0. The van der Waals surface area contributed by atoms with Gasteiger partial charge in [0.2, 0.25) is 0 Å². The first-order valence-electron chi connectivity index (χ1n) is 7.53. The van der Waals surface area contributed by atoms with Crippen LogP contribution < -0.4 is 10.1 Å². The molecule has 0 aliphatic rings. The van der Waals surface area contributed by atoms with Crippen LogP contribution in [-0.4, -0.2) is 28.4 Å². The number of thiophene rings is 1. The molecule has 1 N–H and O–H groups in total. The normalized spacial score (nSPS) is 11.2. The molecule has 3 aromatic heterocycles. The summed E-state index contributed by atoms with van der Waals surface area (Å²) >= 11 is 3.00. The molecule has 0 aliphatic heterocycles. The third-order valence-electron chi connectivity index (χ3n) is 3.64. The average molecular weight is 357 g/mol. The van der Waals surface area contributed by atoms with Gasteiger partial charge in [-0.1, -0.05) is 17.7 Å². The minimum Gasteiger partial charge on any atom is -0.492 e. The summed E-state index contributed by atoms with van der Waals surface area (Å²) in [5.74, 6) is 0.722. The van der Waals surface area contributed by atoms with Crippen molar-refractivity contribution in [1.82, 2.24) is 14.7 Å². The Morgan fingerprint density at radius 3 is 3.00 bits per heavy atom. The lowest BCUT2D eigenvalue weighted by Crippen LogP contribution is -2.27. The molecule has 0 fully saturated rings. The molecule has 4 aromatic rings. The molecule has 5 nitrogen and oxygen atoms in total. The van der Waals surface area contributed by atoms with Crippen molar-refractivity contribution >= 4 is 43.9 Å². The number of ether oxygens (including phenoxy) is 1. The molecule has 3 heterocycles. The Morgan fingerprint density at radius 2 is 2.17 bits per heavy atom. The van der Waals surface area contributed by atoms with E-state index >= 15 is 0 Å². The number of rotatable bonds is 5. The van der Waals surface area contributed by atoms with Crippen LogP contribution in [0.1, 0.15) is 15.2 Å². The number of amides is 1. The van der Waals surface area contributed by atoms with E-state index in [-0.39, 0.29) is 5.91 Å². The third-order valence-corrected chi connectivity index (χ3v) is 5.41. The highest BCUT2D eigenvalue weighted by atomic mass is 32.1. The van der Waals surface area contributed by atoms with Gasteiger partial charge in [-0.3, -0.25) is 9.20 Å². The third kappa shape index (κ3) is 2.88. The van der Waals surface area contributed by atoms with E-state index in [0.717, 1.165) is 21.1 Å². The van der Waals surface area contributed by atoms with E-state index in [1.807, 2.05) is 53.2 Å². The zero-order valence-corrected chi connectivity index (χ0v) is 14.6. The van der Waals surface area contributed by atoms with Crippen LogP contribution in [0.15, 0.2) is 41.9 Å². The number of benzene rings is 1. The smallest absolute Gasteiger partial charge is 0.261 e. The van der Waals surface area contributed by atoms with Crippen molar-refractivity contribution in [2.75, 3.05) is 13.2 Å². The number of carbonyl (C=O) groups is 1. The number of aromatic nitrogens is 2. The van der Waals surface area contributed by atoms with Gasteiger partial charge in [0.1, 0.15) is 17.2 Å². The summed E-state index contributed by atoms with van der Waals surface area (Å²) in [6.07, 6.45) is 1.97. The Labute approximate surface area is 146 Å². The number of nitrogens with zero attached hydrogens (tertiary/aromatic N) is 2. The average Bonchev–Trinajstić information content (AvgIpc) is 3.24. The van der Waals surface area contributed by atoms with Gasteiger partial charge < -0.3 is 10.1 Å². The molecule has 0 spiro atoms. The van der Waals surface area contributed by atoms with Crippen molar-refractivity contribution in [3.05, 3.63) is 52.3 Å². The van der Waals surface area contributed by atoms with Crippen molar-refractivity contribution in [2.24, 2.45) is 0 Å². The molecule has 1 aromatic carbocycles. The molecule has 0 saturated carbocycles. The lowest BCUT2D eigenvalue weighted by atomic mass is 10.2. The Bertz CT molecular complexity index is 998. The molecule has 0 radical (unpaired) electrons. The largest absolute Gasteiger partial charge is 0.492 e. The number of fused-ring (bicyclic) bond motifs is 3. The van der Waals surface area contributed by atoms with Crippen LogP contribution in [0.4, 0.5) is 0 Å². The molecule has 24 heavy (non-hydrogen) atoms. The first kappa shape index (κ1) is 15.2. The second-order valence-corrected chi connectivity index (χ2v) is 7.29. The first-order valence-corrected chi connectivity index (χ1v) is 9.23. The molecule has 4 rings (SSSR count). The van der Waals surface area contributed by atoms with Gasteiger partial charge in [-0.25, -0.2) is 4.98 Å². The van der Waals surface area contributed by atoms with Gasteiger partial charge in [0.15, 0.2) is 4.96 Å². The predicted octanol–water partition coefficient (Wildman–Crippen LogP) is 3.73. The summed E-state index contributed by atoms with van der Waals surface area (Å²) in [4.78, 5) is 19.3. The highest BCUT2D eigenvalue weighted by molar-refractivity contribution is 7.21. The van der Waals surface area contributed by atoms with E-state index in [1.54, 1.807) is 11.3 Å². The Morgan fingerprint density at radius 1 is 1.33 bits per heavy atom. The van der Waals surface area contributed by atoms with Crippen molar-refractivity contribution in [2.45, 2.75) is 6.92 Å². The first-order chi connectivity index (χ1) is 11.7. The monoisotopic (exact) mass is 357 g/mol. The molecule has 0 unspecified atom stereocenters. The minimum atomic E-state index is -0.0884. The maximum atomic E-state index is 12.3. The van der Waals surface area contributed by atoms with Crippen molar-refractivity contribution < 1.29 is 9.53 Å². The fraction of sp³-hybridized carbons (Fsp3) is 0.176. The van der Waals surface area contributed by atoms with Gasteiger partial charge in [0, 0.05) is 11.6 Å². The molecule has 7 heteroatoms. The summed E-state index contributed by atoms with van der Waals surface area (Å²) in [5, 5.41) is 4.87. The SMILES string of the molecule is Cc1ccc(OCCNC(=O)c2cc3c(nc4sccn43)s2)cc1. The second kappa shape index (κ2) is 6.26. The second-order valence-electron chi connectivity index (χ2n) is 5.39. The summed E-state index contributed by atoms with van der Waals surface area (Å²) < 4.78 is 7.62. The van der Waals surface area contributed by atoms with Crippen LogP contribution in [0.5, 0.6) is 5.75 Å². The molecular formula is C17H15N3O2S2. The van der Waals surface area contributed by atoms with Crippen molar-refractivity contribution in [1.29, 1.82) is 0 Å². The van der Waals surface area contributed by atoms with Crippen LogP contribution in [0.25, 0.3) is 15.3 Å². The number of thiazole rings is 1. The lowest BCUT2D eigenvalue weighted by Gasteiger charge is -2.07. The summed E-state index contributed by atoms with van der Waals surface area (Å²) in [6, 6.07) is 9.75. The lowest BCUT2D eigenvalue weighted by molar-refractivity contribution is 0.0951. The molecule has 0 bridgehead atoms. The van der Waals surface area contributed by atoms with Gasteiger partial charge in [0.05, 0.1) is 16.9 Å². The summed E-state index contributed by atoms with van der Waals surface area (Å²) in [6.45, 7) is 2.93. The maximum absolute atomic E-state index is 12.3. The van der Waals surface area contributed by atoms with Crippen LogP contribution in [0.3, 0.4) is 0 Å². The van der Waals surface area contributed by atoms with Gasteiger partial charge in [0.25, 0.3) is 5.91 Å². The van der Waals surface area contributed by atoms with Crippen LogP contribution in [0.2, 0.25) is 0 Å². The number of carbonyl (C=O) groups excluding carboxylic acids is 1. The zero-order valence-electron chi connectivity index (χ0n) is 13.0. The van der Waals surface area contributed by atoms with E-state index in [9.17, 15) is 4.79 Å². The highest BCUT2D eigenvalue weighted by Crippen LogP contribution is 2.28. The molecular weight excluding hydrogens is 342 g/mol. The molecule has 0 atom stereocenters. The minimum absolute atomic E-state index is 0.0884. The van der Waals surface area contributed by atoms with Crippen molar-refractivity contribution in [3.8, 4) is 5.75 Å².